The summed E-state index contributed by atoms with van der Waals surface area (Å²) in [6, 6.07) is 12.1. The van der Waals surface area contributed by atoms with Gasteiger partial charge in [0.2, 0.25) is 0 Å². The normalized spacial score (nSPS) is 10.5. The summed E-state index contributed by atoms with van der Waals surface area (Å²) >= 11 is -5.86. The Morgan fingerprint density at radius 2 is 1.53 bits per heavy atom. The van der Waals surface area contributed by atoms with E-state index < -0.39 is 15.8 Å². The summed E-state index contributed by atoms with van der Waals surface area (Å²) in [5, 5.41) is 1.20. The molecule has 1 aromatic heterocycles. The fraction of sp³-hybridized carbons (Fsp3) is 0. The summed E-state index contributed by atoms with van der Waals surface area (Å²) in [7, 11) is 0. The minimum Gasteiger partial charge on any atom is -0.256 e. The Bertz CT molecular complexity index is 522. The van der Waals surface area contributed by atoms with Crippen molar-refractivity contribution in [3.63, 3.8) is 0 Å². The summed E-state index contributed by atoms with van der Waals surface area (Å²) in [6.07, 6.45) is 1.81. The van der Waals surface area contributed by atoms with Crippen LogP contribution in [0.5, 0.6) is 0 Å². The van der Waals surface area contributed by atoms with Crippen LogP contribution >= 0.6 is 0 Å². The van der Waals surface area contributed by atoms with Gasteiger partial charge in [-0.25, -0.2) is 0 Å². The van der Waals surface area contributed by atoms with Crippen LogP contribution in [0.3, 0.4) is 0 Å². The van der Waals surface area contributed by atoms with Crippen LogP contribution in [0.15, 0.2) is 42.6 Å². The fourth-order valence-electron chi connectivity index (χ4n) is 1.02. The maximum atomic E-state index is 8.75. The largest absolute Gasteiger partial charge is 0.256 e. The van der Waals surface area contributed by atoms with Gasteiger partial charge in [0.15, 0.2) is 0 Å². The number of hydrogen-bond donors (Lipinski definition) is 1. The number of nitrogens with zero attached hydrogens (tertiary/aromatic N) is 1. The van der Waals surface area contributed by atoms with Crippen LogP contribution in [0.1, 0.15) is 0 Å². The van der Waals surface area contributed by atoms with E-state index in [0.717, 1.165) is 5.52 Å². The molecule has 0 saturated heterocycles. The molecule has 2 aromatic rings. The third-order valence-electron chi connectivity index (χ3n) is 1.51. The van der Waals surface area contributed by atoms with Crippen LogP contribution in [0.4, 0.5) is 0 Å². The fourth-order valence-corrected chi connectivity index (χ4v) is 1.02. The third-order valence-corrected chi connectivity index (χ3v) is 1.51. The van der Waals surface area contributed by atoms with Gasteiger partial charge in [-0.15, -0.1) is 0 Å². The van der Waals surface area contributed by atoms with E-state index in [1.165, 1.54) is 5.39 Å². The summed E-state index contributed by atoms with van der Waals surface area (Å²) < 4.78 is 33.3. The van der Waals surface area contributed by atoms with Crippen LogP contribution < -0.4 is 0 Å². The van der Waals surface area contributed by atoms with Gasteiger partial charge in [0.05, 0.1) is 5.52 Å². The van der Waals surface area contributed by atoms with Gasteiger partial charge in [-0.2, -0.15) is 0 Å². The summed E-state index contributed by atoms with van der Waals surface area (Å²) in [5.41, 5.74) is 1.06. The zero-order valence-electron chi connectivity index (χ0n) is 7.54. The van der Waals surface area contributed by atoms with Crippen molar-refractivity contribution in [2.45, 2.75) is 0 Å². The van der Waals surface area contributed by atoms with Gasteiger partial charge in [0, 0.05) is 11.6 Å². The number of aromatic nitrogens is 1. The summed E-state index contributed by atoms with van der Waals surface area (Å²) in [4.78, 5) is 4.18. The van der Waals surface area contributed by atoms with Gasteiger partial charge in [0.1, 0.15) is 0 Å². The molecule has 80 valence electrons. The van der Waals surface area contributed by atoms with Gasteiger partial charge >= 0.3 is 30.0 Å². The minimum absolute atomic E-state index is 1.06. The molecule has 0 bridgehead atoms. The number of benzene rings is 1. The quantitative estimate of drug-likeness (QED) is 0.745. The van der Waals surface area contributed by atoms with E-state index in [2.05, 4.69) is 17.1 Å². The molecule has 0 radical (unpaired) electrons. The summed E-state index contributed by atoms with van der Waals surface area (Å²) in [6.45, 7) is 0. The molecule has 0 unspecified atom stereocenters. The molecule has 0 amide bonds. The van der Waals surface area contributed by atoms with Crippen LogP contribution in [0, 0.1) is 0 Å². The Balaban J connectivity index is 0.000000195. The van der Waals surface area contributed by atoms with Crippen molar-refractivity contribution < 1.29 is 30.0 Å². The zero-order valence-corrected chi connectivity index (χ0v) is 10.3. The monoisotopic (exact) mass is 381 g/mol. The first-order chi connectivity index (χ1) is 6.97. The van der Waals surface area contributed by atoms with E-state index in [1.807, 2.05) is 30.5 Å². The predicted molar refractivity (Wildman–Crippen MR) is 46.0 cm³/mol. The second-order valence-corrected chi connectivity index (χ2v) is 5.44. The Labute approximate surface area is 88.7 Å². The molecule has 0 aliphatic carbocycles. The van der Waals surface area contributed by atoms with E-state index in [1.54, 1.807) is 0 Å². The first kappa shape index (κ1) is 11.7. The second-order valence-electron chi connectivity index (χ2n) is 2.59. The van der Waals surface area contributed by atoms with Crippen molar-refractivity contribution in [2.75, 3.05) is 0 Å². The molecule has 1 aromatic carbocycles. The van der Waals surface area contributed by atoms with Crippen molar-refractivity contribution in [1.29, 1.82) is 0 Å². The smallest absolute Gasteiger partial charge is 0.0701 e. The van der Waals surface area contributed by atoms with E-state index in [-0.39, 0.29) is 0 Å². The SMILES string of the molecule is [O]=[Re](=[O])(=[O])[OH].c1ccc2ncccc2c1. The van der Waals surface area contributed by atoms with Crippen LogP contribution in [0.2, 0.25) is 0 Å². The van der Waals surface area contributed by atoms with E-state index >= 15 is 0 Å². The maximum Gasteiger partial charge on any atom is 0.0701 e. The molecule has 0 aliphatic heterocycles. The van der Waals surface area contributed by atoms with Crippen molar-refractivity contribution in [1.82, 2.24) is 4.98 Å². The zero-order chi connectivity index (χ0) is 11.3. The maximum absolute atomic E-state index is 8.75. The Morgan fingerprint density at radius 3 is 2.13 bits per heavy atom. The van der Waals surface area contributed by atoms with Crippen molar-refractivity contribution in [2.24, 2.45) is 0 Å². The topological polar surface area (TPSA) is 84.3 Å². The average Bonchev–Trinajstić information content (AvgIpc) is 2.16. The number of fused-ring (bicyclic) bond motifs is 1. The molecule has 0 saturated carbocycles. The van der Waals surface area contributed by atoms with Crippen LogP contribution in [-0.2, 0) is 26.2 Å². The molecule has 0 spiro atoms. The molecule has 15 heavy (non-hydrogen) atoms. The predicted octanol–water partition coefficient (Wildman–Crippen LogP) is 1.32. The minimum atomic E-state index is -5.86. The molecule has 0 aliphatic rings. The standard InChI is InChI=1S/C9H7N.H2O.3O.Re/c1-2-6-9-8(4-1)5-3-7-10-9;;;;;/h1-7H;1H2;;;;/q;;;;;+1/p-1. The van der Waals surface area contributed by atoms with Crippen LogP contribution in [0.25, 0.3) is 10.9 Å². The number of pyridine rings is 1. The van der Waals surface area contributed by atoms with Gasteiger partial charge in [-0.3, -0.25) is 4.98 Å². The van der Waals surface area contributed by atoms with Crippen molar-refractivity contribution in [3.05, 3.63) is 42.6 Å². The molecule has 1 N–H and O–H groups in total. The molecular formula is C9H8NO4Re. The molecule has 0 atom stereocenters. The van der Waals surface area contributed by atoms with Crippen molar-refractivity contribution in [3.8, 4) is 0 Å². The van der Waals surface area contributed by atoms with E-state index in [0.29, 0.717) is 0 Å². The Kier molecular flexibility index (Phi) is 3.86. The third kappa shape index (κ3) is 5.18. The van der Waals surface area contributed by atoms with Crippen molar-refractivity contribution >= 4 is 10.9 Å². The first-order valence-electron chi connectivity index (χ1n) is 3.90. The van der Waals surface area contributed by atoms with Gasteiger partial charge in [0.25, 0.3) is 0 Å². The molecule has 5 nitrogen and oxygen atoms in total. The second kappa shape index (κ2) is 4.94. The van der Waals surface area contributed by atoms with Gasteiger partial charge in [-0.1, -0.05) is 24.3 Å². The van der Waals surface area contributed by atoms with Crippen LogP contribution in [-0.4, -0.2) is 8.81 Å². The average molecular weight is 380 g/mol. The molecule has 6 heteroatoms. The number of para-hydroxylation sites is 1. The molecule has 1 heterocycles. The molecular weight excluding hydrogens is 372 g/mol. The summed E-state index contributed by atoms with van der Waals surface area (Å²) in [5.74, 6) is 0. The molecule has 0 fully saturated rings. The Morgan fingerprint density at radius 1 is 1.00 bits per heavy atom. The van der Waals surface area contributed by atoms with Gasteiger partial charge < -0.3 is 0 Å². The first-order valence-corrected chi connectivity index (χ1v) is 8.44. The number of hydrogen-bond acceptors (Lipinski definition) is 4. The van der Waals surface area contributed by atoms with Gasteiger partial charge in [-0.05, 0) is 12.1 Å². The van der Waals surface area contributed by atoms with E-state index in [9.17, 15) is 0 Å². The number of rotatable bonds is 0. The Hall–Kier alpha value is -1.35. The van der Waals surface area contributed by atoms with E-state index in [4.69, 9.17) is 14.2 Å². The molecule has 2 rings (SSSR count).